The molecule has 0 aromatic rings. The number of nitrogens with zero attached hydrogens (tertiary/aromatic N) is 1. The molecule has 0 heterocycles. The van der Waals surface area contributed by atoms with E-state index in [4.69, 9.17) is 5.14 Å². The van der Waals surface area contributed by atoms with E-state index in [1.165, 1.54) is 17.1 Å². The Kier molecular flexibility index (Phi) is 5.11. The predicted octanol–water partition coefficient (Wildman–Crippen LogP) is -0.200. The number of amides is 1. The highest BCUT2D eigenvalue weighted by Crippen LogP contribution is 1.94. The third-order valence-corrected chi connectivity index (χ3v) is 1.99. The summed E-state index contributed by atoms with van der Waals surface area (Å²) in [5.74, 6) is -1.41. The van der Waals surface area contributed by atoms with Crippen LogP contribution in [0.4, 0.5) is 0 Å². The fraction of sp³-hybridized carbons (Fsp3) is 0.375. The quantitative estimate of drug-likeness (QED) is 0.578. The number of rotatable bonds is 6. The lowest BCUT2D eigenvalue weighted by molar-refractivity contribution is -0.127. The molecule has 1 N–H and O–H groups in total. The van der Waals surface area contributed by atoms with Gasteiger partial charge in [0.25, 0.3) is 0 Å². The summed E-state index contributed by atoms with van der Waals surface area (Å²) in [4.78, 5) is 12.5. The average molecular weight is 217 g/mol. The summed E-state index contributed by atoms with van der Waals surface area (Å²) >= 11 is 0. The average Bonchev–Trinajstić information content (AvgIpc) is 2.01. The van der Waals surface area contributed by atoms with Gasteiger partial charge in [0.1, 0.15) is 5.75 Å². The largest absolute Gasteiger partial charge is 0.334 e. The SMILES string of the molecule is C=CCN(CC=C)C(=O)CS([NH])(=O)=O. The number of hydrogen-bond acceptors (Lipinski definition) is 3. The van der Waals surface area contributed by atoms with Crippen LogP contribution in [0, 0.1) is 0 Å². The summed E-state index contributed by atoms with van der Waals surface area (Å²) in [6.07, 6.45) is 2.97. The van der Waals surface area contributed by atoms with Crippen LogP contribution in [0.15, 0.2) is 25.3 Å². The van der Waals surface area contributed by atoms with Crippen LogP contribution >= 0.6 is 0 Å². The van der Waals surface area contributed by atoms with Crippen molar-refractivity contribution in [2.45, 2.75) is 0 Å². The summed E-state index contributed by atoms with van der Waals surface area (Å²) in [7, 11) is -4.01. The summed E-state index contributed by atoms with van der Waals surface area (Å²) in [5.41, 5.74) is 0. The van der Waals surface area contributed by atoms with Crippen molar-refractivity contribution in [2.75, 3.05) is 18.8 Å². The molecule has 14 heavy (non-hydrogen) atoms. The molecule has 0 aromatic carbocycles. The van der Waals surface area contributed by atoms with Crippen molar-refractivity contribution in [1.82, 2.24) is 10.0 Å². The van der Waals surface area contributed by atoms with E-state index in [1.807, 2.05) is 0 Å². The lowest BCUT2D eigenvalue weighted by Gasteiger charge is -2.18. The summed E-state index contributed by atoms with van der Waals surface area (Å²) < 4.78 is 21.0. The zero-order valence-corrected chi connectivity index (χ0v) is 8.59. The van der Waals surface area contributed by atoms with Gasteiger partial charge in [0.15, 0.2) is 0 Å². The van der Waals surface area contributed by atoms with Crippen molar-refractivity contribution < 1.29 is 13.2 Å². The van der Waals surface area contributed by atoms with E-state index in [1.54, 1.807) is 0 Å². The molecule has 79 valence electrons. The minimum absolute atomic E-state index is 0.250. The maximum atomic E-state index is 11.3. The first-order valence-electron chi connectivity index (χ1n) is 3.87. The predicted molar refractivity (Wildman–Crippen MR) is 53.9 cm³/mol. The lowest BCUT2D eigenvalue weighted by Crippen LogP contribution is -2.36. The third kappa shape index (κ3) is 5.50. The molecule has 0 unspecified atom stereocenters. The van der Waals surface area contributed by atoms with Crippen LogP contribution in [-0.2, 0) is 14.8 Å². The standard InChI is InChI=1S/C8H13N2O3S/c1-3-5-10(6-4-2)8(11)7-14(9,12)13/h3-4,9H,1-2,5-7H2. The molecular weight excluding hydrogens is 204 g/mol. The topological polar surface area (TPSA) is 78.2 Å². The Hall–Kier alpha value is -1.14. The Labute approximate surface area is 83.9 Å². The molecule has 0 aliphatic carbocycles. The van der Waals surface area contributed by atoms with Crippen LogP contribution in [0.1, 0.15) is 0 Å². The Balaban J connectivity index is 4.43. The van der Waals surface area contributed by atoms with Crippen LogP contribution in [0.2, 0.25) is 0 Å². The van der Waals surface area contributed by atoms with Crippen LogP contribution in [0.5, 0.6) is 0 Å². The molecule has 0 saturated heterocycles. The van der Waals surface area contributed by atoms with Gasteiger partial charge in [-0.3, -0.25) is 4.79 Å². The zero-order valence-electron chi connectivity index (χ0n) is 7.77. The molecule has 0 atom stereocenters. The Morgan fingerprint density at radius 1 is 1.29 bits per heavy atom. The van der Waals surface area contributed by atoms with Crippen LogP contribution < -0.4 is 5.14 Å². The number of sulfonamides is 1. The van der Waals surface area contributed by atoms with Gasteiger partial charge in [-0.05, 0) is 0 Å². The van der Waals surface area contributed by atoms with E-state index < -0.39 is 21.7 Å². The van der Waals surface area contributed by atoms with E-state index in [0.717, 1.165) is 0 Å². The molecule has 6 heteroatoms. The van der Waals surface area contributed by atoms with Gasteiger partial charge in [-0.1, -0.05) is 12.2 Å². The molecule has 0 aliphatic rings. The first-order chi connectivity index (χ1) is 6.40. The van der Waals surface area contributed by atoms with Gasteiger partial charge in [-0.2, -0.15) is 0 Å². The highest BCUT2D eigenvalue weighted by atomic mass is 32.2. The maximum Gasteiger partial charge on any atom is 0.239 e. The van der Waals surface area contributed by atoms with Crippen molar-refractivity contribution >= 4 is 15.9 Å². The van der Waals surface area contributed by atoms with Crippen LogP contribution in [0.25, 0.3) is 0 Å². The summed E-state index contributed by atoms with van der Waals surface area (Å²) in [5, 5.41) is 6.59. The third-order valence-electron chi connectivity index (χ3n) is 1.37. The second kappa shape index (κ2) is 5.56. The van der Waals surface area contributed by atoms with Gasteiger partial charge in [-0.15, -0.1) is 18.3 Å². The molecule has 5 nitrogen and oxygen atoms in total. The highest BCUT2D eigenvalue weighted by Gasteiger charge is 2.17. The first kappa shape index (κ1) is 12.9. The fourth-order valence-electron chi connectivity index (χ4n) is 0.844. The van der Waals surface area contributed by atoms with Crippen molar-refractivity contribution in [2.24, 2.45) is 0 Å². The number of carbonyl (C=O) groups excluding carboxylic acids is 1. The van der Waals surface area contributed by atoms with Crippen LogP contribution in [-0.4, -0.2) is 38.1 Å². The molecule has 0 spiro atoms. The van der Waals surface area contributed by atoms with Crippen molar-refractivity contribution in [1.29, 1.82) is 0 Å². The van der Waals surface area contributed by atoms with Crippen LogP contribution in [0.3, 0.4) is 0 Å². The van der Waals surface area contributed by atoms with Gasteiger partial charge in [-0.25, -0.2) is 8.42 Å². The monoisotopic (exact) mass is 217 g/mol. The zero-order chi connectivity index (χ0) is 11.2. The molecule has 0 aromatic heterocycles. The highest BCUT2D eigenvalue weighted by molar-refractivity contribution is 7.89. The van der Waals surface area contributed by atoms with E-state index in [-0.39, 0.29) is 13.1 Å². The molecular formula is C8H13N2O3S. The minimum atomic E-state index is -4.01. The fourth-order valence-corrected chi connectivity index (χ4v) is 1.35. The van der Waals surface area contributed by atoms with E-state index in [2.05, 4.69) is 13.2 Å². The molecule has 0 rings (SSSR count). The molecule has 1 radical (unpaired) electrons. The van der Waals surface area contributed by atoms with Crippen molar-refractivity contribution in [3.05, 3.63) is 25.3 Å². The maximum absolute atomic E-state index is 11.3. The first-order valence-corrected chi connectivity index (χ1v) is 5.53. The van der Waals surface area contributed by atoms with Gasteiger partial charge < -0.3 is 4.90 Å². The Morgan fingerprint density at radius 2 is 1.71 bits per heavy atom. The minimum Gasteiger partial charge on any atom is -0.334 e. The molecule has 0 saturated carbocycles. The van der Waals surface area contributed by atoms with Gasteiger partial charge in [0, 0.05) is 13.1 Å². The van der Waals surface area contributed by atoms with E-state index >= 15 is 0 Å². The Bertz CT molecular complexity index is 311. The molecule has 0 bridgehead atoms. The van der Waals surface area contributed by atoms with Gasteiger partial charge in [0.05, 0.1) is 0 Å². The smallest absolute Gasteiger partial charge is 0.239 e. The number of nitrogens with one attached hydrogen (secondary N) is 1. The molecule has 0 fully saturated rings. The number of carbonyl (C=O) groups is 1. The van der Waals surface area contributed by atoms with Gasteiger partial charge in [0.2, 0.25) is 15.9 Å². The summed E-state index contributed by atoms with van der Waals surface area (Å²) in [6, 6.07) is 0. The summed E-state index contributed by atoms with van der Waals surface area (Å²) in [6.45, 7) is 7.37. The lowest BCUT2D eigenvalue weighted by atomic mass is 10.4. The molecule has 0 aliphatic heterocycles. The van der Waals surface area contributed by atoms with E-state index in [9.17, 15) is 13.2 Å². The van der Waals surface area contributed by atoms with Crippen molar-refractivity contribution in [3.63, 3.8) is 0 Å². The van der Waals surface area contributed by atoms with E-state index in [0.29, 0.717) is 0 Å². The normalized spacial score (nSPS) is 10.6. The second-order valence-corrected chi connectivity index (χ2v) is 4.15. The molecule has 1 amide bonds. The number of hydrogen-bond donors (Lipinski definition) is 0. The van der Waals surface area contributed by atoms with Crippen molar-refractivity contribution in [3.8, 4) is 0 Å². The Morgan fingerprint density at radius 3 is 2.00 bits per heavy atom. The second-order valence-electron chi connectivity index (χ2n) is 2.64. The van der Waals surface area contributed by atoms with Gasteiger partial charge >= 0.3 is 0 Å².